The number of nitrogens with zero attached hydrogens (tertiary/aromatic N) is 2. The van der Waals surface area contributed by atoms with Crippen LogP contribution >= 0.6 is 0 Å². The highest BCUT2D eigenvalue weighted by molar-refractivity contribution is 5.89. The molecule has 6 nitrogen and oxygen atoms in total. The van der Waals surface area contributed by atoms with E-state index in [0.29, 0.717) is 13.0 Å². The van der Waals surface area contributed by atoms with Crippen molar-refractivity contribution < 1.29 is 9.59 Å². The fourth-order valence-electron chi connectivity index (χ4n) is 2.70. The molecule has 126 valence electrons. The topological polar surface area (TPSA) is 64.7 Å². The van der Waals surface area contributed by atoms with Crippen molar-refractivity contribution in [3.8, 4) is 0 Å². The number of carbonyl (C=O) groups is 2. The maximum Gasteiger partial charge on any atom is 0.224 e. The van der Waals surface area contributed by atoms with E-state index in [9.17, 15) is 9.59 Å². The highest BCUT2D eigenvalue weighted by Gasteiger charge is 2.19. The van der Waals surface area contributed by atoms with Gasteiger partial charge in [0.05, 0.1) is 0 Å². The Morgan fingerprint density at radius 2 is 1.83 bits per heavy atom. The van der Waals surface area contributed by atoms with Gasteiger partial charge < -0.3 is 20.4 Å². The Bertz CT molecular complexity index is 539. The third kappa shape index (κ3) is 5.56. The zero-order valence-electron chi connectivity index (χ0n) is 14.0. The molecule has 1 aromatic rings. The van der Waals surface area contributed by atoms with Gasteiger partial charge in [0.1, 0.15) is 0 Å². The highest BCUT2D eigenvalue weighted by atomic mass is 16.2. The second-order valence-corrected chi connectivity index (χ2v) is 5.75. The lowest BCUT2D eigenvalue weighted by Gasteiger charge is -2.34. The van der Waals surface area contributed by atoms with Gasteiger partial charge in [0.25, 0.3) is 0 Å². The molecular weight excluding hydrogens is 292 g/mol. The molecule has 0 aliphatic carbocycles. The molecule has 23 heavy (non-hydrogen) atoms. The average Bonchev–Trinajstić information content (AvgIpc) is 2.54. The van der Waals surface area contributed by atoms with Gasteiger partial charge in [0.15, 0.2) is 0 Å². The fraction of sp³-hybridized carbons (Fsp3) is 0.529. The summed E-state index contributed by atoms with van der Waals surface area (Å²) in [4.78, 5) is 27.6. The molecule has 0 bridgehead atoms. The molecule has 1 aromatic carbocycles. The van der Waals surface area contributed by atoms with Crippen LogP contribution in [-0.2, 0) is 9.59 Å². The van der Waals surface area contributed by atoms with Crippen molar-refractivity contribution in [3.05, 3.63) is 24.3 Å². The summed E-state index contributed by atoms with van der Waals surface area (Å²) in [5.74, 6) is 0.106. The maximum absolute atomic E-state index is 12.2. The van der Waals surface area contributed by atoms with Crippen LogP contribution in [0.25, 0.3) is 0 Å². The Kier molecular flexibility index (Phi) is 6.40. The molecule has 0 unspecified atom stereocenters. The van der Waals surface area contributed by atoms with Crippen molar-refractivity contribution >= 4 is 23.2 Å². The number of nitrogens with one attached hydrogen (secondary N) is 2. The van der Waals surface area contributed by atoms with Gasteiger partial charge in [-0.05, 0) is 24.7 Å². The van der Waals surface area contributed by atoms with Crippen LogP contribution in [0.2, 0.25) is 0 Å². The van der Waals surface area contributed by atoms with Gasteiger partial charge in [0.2, 0.25) is 11.8 Å². The van der Waals surface area contributed by atoms with Crippen LogP contribution in [0.15, 0.2) is 24.3 Å². The summed E-state index contributed by atoms with van der Waals surface area (Å²) in [5, 5.41) is 5.99. The van der Waals surface area contributed by atoms with E-state index in [1.807, 2.05) is 29.2 Å². The molecule has 2 N–H and O–H groups in total. The van der Waals surface area contributed by atoms with Gasteiger partial charge in [-0.25, -0.2) is 0 Å². The van der Waals surface area contributed by atoms with E-state index in [1.54, 1.807) is 0 Å². The second-order valence-electron chi connectivity index (χ2n) is 5.75. The van der Waals surface area contributed by atoms with Gasteiger partial charge in [-0.2, -0.15) is 0 Å². The number of likely N-dealkylation sites (N-methyl/N-ethyl adjacent to an activating group) is 1. The first kappa shape index (κ1) is 17.3. The Labute approximate surface area is 137 Å². The molecular formula is C17H26N4O2. The van der Waals surface area contributed by atoms with E-state index in [2.05, 4.69) is 22.5 Å². The van der Waals surface area contributed by atoms with E-state index in [1.165, 1.54) is 6.92 Å². The average molecular weight is 318 g/mol. The molecule has 1 heterocycles. The fourth-order valence-corrected chi connectivity index (χ4v) is 2.70. The number of benzene rings is 1. The third-order valence-corrected chi connectivity index (χ3v) is 4.02. The number of anilines is 2. The van der Waals surface area contributed by atoms with Crippen LogP contribution in [0.1, 0.15) is 20.3 Å². The molecule has 1 saturated heterocycles. The van der Waals surface area contributed by atoms with Crippen LogP contribution in [0.3, 0.4) is 0 Å². The summed E-state index contributed by atoms with van der Waals surface area (Å²) >= 11 is 0. The van der Waals surface area contributed by atoms with Crippen LogP contribution in [0.5, 0.6) is 0 Å². The smallest absolute Gasteiger partial charge is 0.224 e. The van der Waals surface area contributed by atoms with E-state index < -0.39 is 0 Å². The van der Waals surface area contributed by atoms with Gasteiger partial charge in [-0.3, -0.25) is 9.59 Å². The van der Waals surface area contributed by atoms with E-state index in [-0.39, 0.29) is 11.8 Å². The van der Waals surface area contributed by atoms with Crippen LogP contribution in [-0.4, -0.2) is 60.9 Å². The third-order valence-electron chi connectivity index (χ3n) is 4.02. The van der Waals surface area contributed by atoms with Gasteiger partial charge in [-0.1, -0.05) is 13.0 Å². The summed E-state index contributed by atoms with van der Waals surface area (Å²) in [5.41, 5.74) is 1.66. The lowest BCUT2D eigenvalue weighted by atomic mass is 10.2. The van der Waals surface area contributed by atoms with Gasteiger partial charge in [0, 0.05) is 57.4 Å². The summed E-state index contributed by atoms with van der Waals surface area (Å²) in [6, 6.07) is 7.51. The number of rotatable bonds is 6. The Morgan fingerprint density at radius 3 is 2.48 bits per heavy atom. The molecule has 0 aromatic heterocycles. The summed E-state index contributed by atoms with van der Waals surface area (Å²) in [7, 11) is 0. The monoisotopic (exact) mass is 318 g/mol. The van der Waals surface area contributed by atoms with Crippen molar-refractivity contribution in [2.24, 2.45) is 0 Å². The van der Waals surface area contributed by atoms with Crippen molar-refractivity contribution in [2.75, 3.05) is 49.9 Å². The molecule has 2 rings (SSSR count). The number of hydrogen-bond acceptors (Lipinski definition) is 4. The van der Waals surface area contributed by atoms with Crippen LogP contribution in [0, 0.1) is 0 Å². The van der Waals surface area contributed by atoms with Crippen LogP contribution in [0.4, 0.5) is 11.4 Å². The van der Waals surface area contributed by atoms with E-state index in [0.717, 1.165) is 44.1 Å². The zero-order valence-corrected chi connectivity index (χ0v) is 14.0. The molecule has 1 aliphatic heterocycles. The quantitative estimate of drug-likeness (QED) is 0.836. The van der Waals surface area contributed by atoms with Crippen molar-refractivity contribution in [3.63, 3.8) is 0 Å². The highest BCUT2D eigenvalue weighted by Crippen LogP contribution is 2.15. The maximum atomic E-state index is 12.2. The minimum Gasteiger partial charge on any atom is -0.384 e. The van der Waals surface area contributed by atoms with Crippen molar-refractivity contribution in [1.82, 2.24) is 9.80 Å². The molecule has 0 spiro atoms. The summed E-state index contributed by atoms with van der Waals surface area (Å²) < 4.78 is 0. The first-order valence-electron chi connectivity index (χ1n) is 8.20. The summed E-state index contributed by atoms with van der Waals surface area (Å²) in [6.07, 6.45) is 0.483. The molecule has 0 atom stereocenters. The number of hydrogen-bond donors (Lipinski definition) is 2. The standard InChI is InChI=1S/C17H26N4O2/c1-3-20-9-11-21(12-10-20)17(23)7-8-18-15-5-4-6-16(13-15)19-14(2)22/h4-6,13,18H,3,7-12H2,1-2H3,(H,19,22). The predicted molar refractivity (Wildman–Crippen MR) is 92.5 cm³/mol. The molecule has 1 fully saturated rings. The number of amides is 2. The minimum atomic E-state index is -0.0939. The van der Waals surface area contributed by atoms with Gasteiger partial charge >= 0.3 is 0 Å². The molecule has 6 heteroatoms. The lowest BCUT2D eigenvalue weighted by molar-refractivity contribution is -0.132. The SMILES string of the molecule is CCN1CCN(C(=O)CCNc2cccc(NC(C)=O)c2)CC1. The molecule has 0 radical (unpaired) electrons. The Morgan fingerprint density at radius 1 is 1.13 bits per heavy atom. The number of carbonyl (C=O) groups excluding carboxylic acids is 2. The van der Waals surface area contributed by atoms with E-state index >= 15 is 0 Å². The first-order valence-corrected chi connectivity index (χ1v) is 8.20. The van der Waals surface area contributed by atoms with Crippen LogP contribution < -0.4 is 10.6 Å². The molecule has 0 saturated carbocycles. The zero-order chi connectivity index (χ0) is 16.7. The summed E-state index contributed by atoms with van der Waals surface area (Å²) in [6.45, 7) is 8.86. The molecule has 2 amide bonds. The number of piperazine rings is 1. The second kappa shape index (κ2) is 8.53. The van der Waals surface area contributed by atoms with Crippen molar-refractivity contribution in [1.29, 1.82) is 0 Å². The molecule has 1 aliphatic rings. The predicted octanol–water partition coefficient (Wildman–Crippen LogP) is 1.61. The van der Waals surface area contributed by atoms with Crippen molar-refractivity contribution in [2.45, 2.75) is 20.3 Å². The minimum absolute atomic E-state index is 0.0939. The van der Waals surface area contributed by atoms with E-state index in [4.69, 9.17) is 0 Å². The Hall–Kier alpha value is -2.08. The first-order chi connectivity index (χ1) is 11.1. The Balaban J connectivity index is 1.74. The normalized spacial score (nSPS) is 15.3. The van der Waals surface area contributed by atoms with Gasteiger partial charge in [-0.15, -0.1) is 0 Å². The largest absolute Gasteiger partial charge is 0.384 e. The lowest BCUT2D eigenvalue weighted by Crippen LogP contribution is -2.48.